The van der Waals surface area contributed by atoms with Crippen LogP contribution in [0.25, 0.3) is 0 Å². The molecule has 0 aromatic heterocycles. The fourth-order valence-corrected chi connectivity index (χ4v) is 4.24. The second-order valence-electron chi connectivity index (χ2n) is 7.46. The molecule has 1 saturated heterocycles. The van der Waals surface area contributed by atoms with E-state index in [0.717, 1.165) is 5.69 Å². The molecule has 1 heterocycles. The van der Waals surface area contributed by atoms with Gasteiger partial charge in [-0.15, -0.1) is 0 Å². The first kappa shape index (κ1) is 21.1. The lowest BCUT2D eigenvalue weighted by atomic mass is 9.94. The maximum Gasteiger partial charge on any atom is 0.264 e. The van der Waals surface area contributed by atoms with Crippen molar-refractivity contribution in [3.8, 4) is 11.5 Å². The van der Waals surface area contributed by atoms with Crippen molar-refractivity contribution in [3.05, 3.63) is 89.7 Å². The summed E-state index contributed by atoms with van der Waals surface area (Å²) in [6.07, 6.45) is -0.444. The number of thiocarbonyl (C=S) groups is 1. The Hall–Kier alpha value is -3.16. The number of rotatable bonds is 6. The second kappa shape index (κ2) is 8.91. The third-order valence-corrected chi connectivity index (χ3v) is 5.72. The van der Waals surface area contributed by atoms with E-state index < -0.39 is 18.2 Å². The Bertz CT molecular complexity index is 1060. The molecule has 7 heteroatoms. The van der Waals surface area contributed by atoms with Gasteiger partial charge in [0, 0.05) is 17.3 Å². The lowest BCUT2D eigenvalue weighted by Crippen LogP contribution is -2.29. The molecule has 0 saturated carbocycles. The molecule has 0 aliphatic carbocycles. The fourth-order valence-electron chi connectivity index (χ4n) is 3.90. The smallest absolute Gasteiger partial charge is 0.264 e. The van der Waals surface area contributed by atoms with Gasteiger partial charge in [-0.1, -0.05) is 30.3 Å². The summed E-state index contributed by atoms with van der Waals surface area (Å²) in [5, 5.41) is 31.1. The van der Waals surface area contributed by atoms with Gasteiger partial charge in [0.1, 0.15) is 29.5 Å². The summed E-state index contributed by atoms with van der Waals surface area (Å²) in [7, 11) is 0. The van der Waals surface area contributed by atoms with Crippen LogP contribution in [0.15, 0.2) is 72.8 Å². The Morgan fingerprint density at radius 1 is 1.00 bits per heavy atom. The van der Waals surface area contributed by atoms with Gasteiger partial charge >= 0.3 is 0 Å². The number of nitrogens with zero attached hydrogens (tertiary/aromatic N) is 1. The number of ether oxygens (including phenoxy) is 1. The largest absolute Gasteiger partial charge is 0.508 e. The van der Waals surface area contributed by atoms with E-state index in [1.807, 2.05) is 35.2 Å². The van der Waals surface area contributed by atoms with Crippen molar-refractivity contribution in [1.82, 2.24) is 0 Å². The minimum absolute atomic E-state index is 0.0442. The van der Waals surface area contributed by atoms with Crippen molar-refractivity contribution >= 4 is 23.1 Å². The van der Waals surface area contributed by atoms with Crippen molar-refractivity contribution in [1.29, 1.82) is 0 Å². The summed E-state index contributed by atoms with van der Waals surface area (Å²) in [5.74, 6) is -0.470. The Balaban J connectivity index is 1.62. The molecule has 5 nitrogen and oxygen atoms in total. The van der Waals surface area contributed by atoms with E-state index in [1.165, 1.54) is 24.3 Å². The highest BCUT2D eigenvalue weighted by molar-refractivity contribution is 7.80. The van der Waals surface area contributed by atoms with Crippen molar-refractivity contribution in [2.75, 3.05) is 4.90 Å². The normalized spacial score (nSPS) is 19.3. The average molecular weight is 440 g/mol. The molecule has 0 bridgehead atoms. The van der Waals surface area contributed by atoms with E-state index in [2.05, 4.69) is 0 Å². The van der Waals surface area contributed by atoms with Gasteiger partial charge in [-0.2, -0.15) is 0 Å². The monoisotopic (exact) mass is 439 g/mol. The first-order valence-corrected chi connectivity index (χ1v) is 10.3. The van der Waals surface area contributed by atoms with Crippen LogP contribution in [-0.4, -0.2) is 26.6 Å². The van der Waals surface area contributed by atoms with E-state index in [0.29, 0.717) is 24.0 Å². The van der Waals surface area contributed by atoms with Crippen molar-refractivity contribution in [3.63, 3.8) is 0 Å². The third-order valence-electron chi connectivity index (χ3n) is 5.43. The predicted molar refractivity (Wildman–Crippen MR) is 119 cm³/mol. The number of anilines is 1. The van der Waals surface area contributed by atoms with Crippen LogP contribution in [0.4, 0.5) is 10.1 Å². The highest BCUT2D eigenvalue weighted by Crippen LogP contribution is 2.43. The molecule has 160 valence electrons. The van der Waals surface area contributed by atoms with Crippen molar-refractivity contribution in [2.45, 2.75) is 31.1 Å². The summed E-state index contributed by atoms with van der Waals surface area (Å²) < 4.78 is 19.2. The minimum atomic E-state index is -0.794. The van der Waals surface area contributed by atoms with Crippen LogP contribution in [0, 0.1) is 5.82 Å². The van der Waals surface area contributed by atoms with Crippen LogP contribution in [0.5, 0.6) is 11.5 Å². The number of aromatic hydroxyl groups is 2. The molecular formula is C24H22FNO4S. The molecule has 1 fully saturated rings. The maximum absolute atomic E-state index is 13.2. The van der Waals surface area contributed by atoms with Crippen molar-refractivity contribution < 1.29 is 24.4 Å². The number of aliphatic hydroxyl groups is 1. The fraction of sp³-hybridized carbons (Fsp3) is 0.208. The second-order valence-corrected chi connectivity index (χ2v) is 7.81. The molecule has 1 aliphatic heterocycles. The lowest BCUT2D eigenvalue weighted by Gasteiger charge is -2.27. The molecule has 3 aromatic rings. The van der Waals surface area contributed by atoms with Crippen molar-refractivity contribution in [2.24, 2.45) is 0 Å². The highest BCUT2D eigenvalue weighted by Gasteiger charge is 2.42. The maximum atomic E-state index is 13.2. The summed E-state index contributed by atoms with van der Waals surface area (Å²) in [4.78, 5) is 1.83. The number of aliphatic hydroxyl groups excluding tert-OH is 1. The molecule has 3 N–H and O–H groups in total. The Morgan fingerprint density at radius 3 is 2.39 bits per heavy atom. The summed E-state index contributed by atoms with van der Waals surface area (Å²) in [6, 6.07) is 19.2. The van der Waals surface area contributed by atoms with E-state index in [4.69, 9.17) is 17.0 Å². The Morgan fingerprint density at radius 2 is 1.71 bits per heavy atom. The number of phenolic OH excluding ortho intramolecular Hbond substituents is 2. The first-order valence-electron chi connectivity index (χ1n) is 9.94. The number of hydrogen-bond donors (Lipinski definition) is 3. The van der Waals surface area contributed by atoms with Gasteiger partial charge in [-0.05, 0) is 67.0 Å². The molecule has 0 amide bonds. The van der Waals surface area contributed by atoms with Crippen LogP contribution >= 0.6 is 12.2 Å². The number of phenols is 2. The Labute approximate surface area is 185 Å². The van der Waals surface area contributed by atoms with E-state index in [9.17, 15) is 19.7 Å². The average Bonchev–Trinajstić information content (AvgIpc) is 3.09. The number of halogens is 1. The number of hydrogen-bond acceptors (Lipinski definition) is 5. The van der Waals surface area contributed by atoms with Gasteiger partial charge in [-0.3, -0.25) is 4.90 Å². The number of para-hydroxylation sites is 1. The van der Waals surface area contributed by atoms with Gasteiger partial charge < -0.3 is 20.1 Å². The summed E-state index contributed by atoms with van der Waals surface area (Å²) >= 11 is 5.50. The van der Waals surface area contributed by atoms with Gasteiger partial charge in [0.25, 0.3) is 5.17 Å². The van der Waals surface area contributed by atoms with Crippen LogP contribution in [0.1, 0.15) is 36.1 Å². The standard InChI is InChI=1S/C24H22FNO4S/c25-16-8-6-15(7-9-16)20(28)12-13-22-23(19-11-10-18(27)14-21(19)29)26(24(31)30-22)17-4-2-1-3-5-17/h1-11,14,20,22-23,27-29H,12-13H2/t20?,22-,23-/m1/s1. The highest BCUT2D eigenvalue weighted by atomic mass is 32.1. The topological polar surface area (TPSA) is 73.2 Å². The first-order chi connectivity index (χ1) is 14.9. The molecule has 0 radical (unpaired) electrons. The minimum Gasteiger partial charge on any atom is -0.508 e. The van der Waals surface area contributed by atoms with Gasteiger partial charge in [-0.25, -0.2) is 4.39 Å². The van der Waals surface area contributed by atoms with Gasteiger partial charge in [0.15, 0.2) is 0 Å². The molecule has 31 heavy (non-hydrogen) atoms. The van der Waals surface area contributed by atoms with Crippen LogP contribution in [0.2, 0.25) is 0 Å². The van der Waals surface area contributed by atoms with Crippen LogP contribution in [0.3, 0.4) is 0 Å². The molecule has 1 aliphatic rings. The zero-order valence-corrected chi connectivity index (χ0v) is 17.4. The molecule has 1 unspecified atom stereocenters. The molecule has 4 rings (SSSR count). The van der Waals surface area contributed by atoms with Crippen LogP contribution < -0.4 is 4.90 Å². The van der Waals surface area contributed by atoms with E-state index >= 15 is 0 Å². The third kappa shape index (κ3) is 4.47. The summed E-state index contributed by atoms with van der Waals surface area (Å²) in [5.41, 5.74) is 1.99. The molecule has 0 spiro atoms. The van der Waals surface area contributed by atoms with Crippen LogP contribution in [-0.2, 0) is 4.74 Å². The van der Waals surface area contributed by atoms with E-state index in [-0.39, 0.29) is 22.5 Å². The zero-order chi connectivity index (χ0) is 22.0. The SMILES string of the molecule is Oc1ccc([C@@H]2[C@@H](CCC(O)c3ccc(F)cc3)OC(=S)N2c2ccccc2)c(O)c1. The quantitative estimate of drug-likeness (QED) is 0.471. The predicted octanol–water partition coefficient (Wildman–Crippen LogP) is 4.98. The Kier molecular flexibility index (Phi) is 6.06. The van der Waals surface area contributed by atoms with Gasteiger partial charge in [0.2, 0.25) is 0 Å². The molecule has 3 aromatic carbocycles. The molecule has 3 atom stereocenters. The van der Waals surface area contributed by atoms with Gasteiger partial charge in [0.05, 0.1) is 6.10 Å². The lowest BCUT2D eigenvalue weighted by molar-refractivity contribution is 0.126. The zero-order valence-electron chi connectivity index (χ0n) is 16.6. The number of benzene rings is 3. The van der Waals surface area contributed by atoms with E-state index in [1.54, 1.807) is 18.2 Å². The molecular weight excluding hydrogens is 417 g/mol. The summed E-state index contributed by atoms with van der Waals surface area (Å²) in [6.45, 7) is 0.